The second-order valence-corrected chi connectivity index (χ2v) is 7.62. The largest absolute Gasteiger partial charge is 0.396 e. The number of aliphatic hydroxyl groups excluding tert-OH is 1. The number of unbranched alkanes of at least 4 members (excludes halogenated alkanes) is 1. The topological polar surface area (TPSA) is 41.3 Å². The Morgan fingerprint density at radius 1 is 1.19 bits per heavy atom. The number of anilines is 1. The molecule has 0 radical (unpaired) electrons. The van der Waals surface area contributed by atoms with Crippen LogP contribution in [0, 0.1) is 0 Å². The monoisotopic (exact) mass is 355 g/mol. The molecule has 1 aromatic carbocycles. The first kappa shape index (κ1) is 19.0. The number of benzene rings is 1. The Kier molecular flexibility index (Phi) is 6.36. The molecule has 4 heteroatoms. The first-order chi connectivity index (χ1) is 12.7. The number of fused-ring (bicyclic) bond motifs is 1. The fourth-order valence-corrected chi connectivity index (χ4v) is 4.26. The molecule has 2 aromatic rings. The number of aliphatic hydroxyl groups is 1. The third-order valence-electron chi connectivity index (χ3n) is 5.71. The molecule has 1 aromatic heterocycles. The molecule has 0 bridgehead atoms. The van der Waals surface area contributed by atoms with Gasteiger partial charge in [0.1, 0.15) is 0 Å². The van der Waals surface area contributed by atoms with Crippen molar-refractivity contribution in [1.29, 1.82) is 0 Å². The Bertz CT molecular complexity index is 709. The zero-order valence-corrected chi connectivity index (χ0v) is 16.5. The lowest BCUT2D eigenvalue weighted by Gasteiger charge is -2.41. The van der Waals surface area contributed by atoms with E-state index in [4.69, 9.17) is 0 Å². The van der Waals surface area contributed by atoms with Crippen molar-refractivity contribution >= 4 is 5.69 Å². The summed E-state index contributed by atoms with van der Waals surface area (Å²) in [6.45, 7) is 5.84. The molecule has 1 aliphatic rings. The van der Waals surface area contributed by atoms with Crippen molar-refractivity contribution < 1.29 is 5.11 Å². The summed E-state index contributed by atoms with van der Waals surface area (Å²) in [4.78, 5) is 2.62. The van der Waals surface area contributed by atoms with Crippen LogP contribution in [0.25, 0.3) is 11.1 Å². The van der Waals surface area contributed by atoms with Gasteiger partial charge in [-0.05, 0) is 42.5 Å². The van der Waals surface area contributed by atoms with Gasteiger partial charge in [-0.25, -0.2) is 0 Å². The van der Waals surface area contributed by atoms with E-state index in [2.05, 4.69) is 48.2 Å². The maximum absolute atomic E-state index is 9.94. The average Bonchev–Trinajstić information content (AvgIpc) is 3.10. The van der Waals surface area contributed by atoms with Gasteiger partial charge < -0.3 is 10.0 Å². The van der Waals surface area contributed by atoms with Crippen LogP contribution < -0.4 is 4.90 Å². The predicted molar refractivity (Wildman–Crippen MR) is 109 cm³/mol. The van der Waals surface area contributed by atoms with Crippen molar-refractivity contribution in [2.45, 2.75) is 64.3 Å². The molecule has 0 aliphatic carbocycles. The van der Waals surface area contributed by atoms with Crippen molar-refractivity contribution in [3.8, 4) is 11.1 Å². The van der Waals surface area contributed by atoms with Crippen molar-refractivity contribution in [2.75, 3.05) is 18.1 Å². The van der Waals surface area contributed by atoms with Gasteiger partial charge in [0.25, 0.3) is 0 Å². The first-order valence-electron chi connectivity index (χ1n) is 10.2. The SMILES string of the molecule is CCCCC(CCC)N1CC[C@H](CO)c2cc(-c3cnn(C)c3)ccc21. The Morgan fingerprint density at radius 2 is 2.04 bits per heavy atom. The van der Waals surface area contributed by atoms with E-state index in [1.165, 1.54) is 48.9 Å². The number of aromatic nitrogens is 2. The number of hydrogen-bond donors (Lipinski definition) is 1. The second-order valence-electron chi connectivity index (χ2n) is 7.62. The molecule has 0 fully saturated rings. The lowest BCUT2D eigenvalue weighted by molar-refractivity contribution is 0.255. The maximum Gasteiger partial charge on any atom is 0.0568 e. The molecular weight excluding hydrogens is 322 g/mol. The van der Waals surface area contributed by atoms with Gasteiger partial charge in [0.2, 0.25) is 0 Å². The summed E-state index contributed by atoms with van der Waals surface area (Å²) in [7, 11) is 1.95. The minimum atomic E-state index is 0.227. The number of aryl methyl sites for hydroxylation is 1. The van der Waals surface area contributed by atoms with Gasteiger partial charge in [0, 0.05) is 43.0 Å². The molecule has 0 spiro atoms. The minimum Gasteiger partial charge on any atom is -0.396 e. The fourth-order valence-electron chi connectivity index (χ4n) is 4.26. The van der Waals surface area contributed by atoms with Gasteiger partial charge in [-0.1, -0.05) is 39.2 Å². The summed E-state index contributed by atoms with van der Waals surface area (Å²) in [5, 5.41) is 14.2. The van der Waals surface area contributed by atoms with Gasteiger partial charge in [-0.15, -0.1) is 0 Å². The van der Waals surface area contributed by atoms with Gasteiger partial charge in [-0.3, -0.25) is 4.68 Å². The summed E-state index contributed by atoms with van der Waals surface area (Å²) in [6.07, 6.45) is 11.3. The van der Waals surface area contributed by atoms with Crippen LogP contribution in [0.15, 0.2) is 30.6 Å². The number of rotatable bonds is 8. The molecule has 2 atom stereocenters. The molecule has 0 amide bonds. The van der Waals surface area contributed by atoms with Crippen LogP contribution in [0.2, 0.25) is 0 Å². The molecule has 4 nitrogen and oxygen atoms in total. The lowest BCUT2D eigenvalue weighted by atomic mass is 9.86. The van der Waals surface area contributed by atoms with Gasteiger partial charge >= 0.3 is 0 Å². The summed E-state index contributed by atoms with van der Waals surface area (Å²) < 4.78 is 1.84. The van der Waals surface area contributed by atoms with Crippen LogP contribution in [-0.2, 0) is 7.05 Å². The quantitative estimate of drug-likeness (QED) is 0.744. The molecule has 0 saturated heterocycles. The standard InChI is InChI=1S/C22H33N3O/c1-4-6-8-20(7-5-2)25-12-11-18(16-26)21-13-17(9-10-22(21)25)19-14-23-24(3)15-19/h9-10,13-15,18,20,26H,4-8,11-12,16H2,1-3H3/t18-,20?/m1/s1. The highest BCUT2D eigenvalue weighted by Gasteiger charge is 2.29. The molecule has 26 heavy (non-hydrogen) atoms. The number of hydrogen-bond acceptors (Lipinski definition) is 3. The maximum atomic E-state index is 9.94. The highest BCUT2D eigenvalue weighted by molar-refractivity contribution is 5.70. The molecule has 1 unspecified atom stereocenters. The Balaban J connectivity index is 1.95. The van der Waals surface area contributed by atoms with E-state index in [9.17, 15) is 5.11 Å². The summed E-state index contributed by atoms with van der Waals surface area (Å²) >= 11 is 0. The van der Waals surface area contributed by atoms with E-state index in [1.807, 2.05) is 17.9 Å². The third-order valence-corrected chi connectivity index (χ3v) is 5.71. The van der Waals surface area contributed by atoms with E-state index in [1.54, 1.807) is 0 Å². The Hall–Kier alpha value is -1.81. The fraction of sp³-hybridized carbons (Fsp3) is 0.591. The first-order valence-corrected chi connectivity index (χ1v) is 10.2. The Labute approximate surface area is 157 Å². The van der Waals surface area contributed by atoms with Crippen molar-refractivity contribution in [2.24, 2.45) is 7.05 Å². The summed E-state index contributed by atoms with van der Waals surface area (Å²) in [5.74, 6) is 0.242. The van der Waals surface area contributed by atoms with Crippen LogP contribution in [0.4, 0.5) is 5.69 Å². The lowest BCUT2D eigenvalue weighted by Crippen LogP contribution is -2.40. The van der Waals surface area contributed by atoms with Crippen molar-refractivity contribution in [3.05, 3.63) is 36.2 Å². The molecule has 2 heterocycles. The normalized spacial score (nSPS) is 18.0. The minimum absolute atomic E-state index is 0.227. The van der Waals surface area contributed by atoms with E-state index in [-0.39, 0.29) is 12.5 Å². The molecule has 1 N–H and O–H groups in total. The second kappa shape index (κ2) is 8.72. The molecule has 0 saturated carbocycles. The van der Waals surface area contributed by atoms with Crippen LogP contribution in [0.1, 0.15) is 63.9 Å². The van der Waals surface area contributed by atoms with Crippen molar-refractivity contribution in [3.63, 3.8) is 0 Å². The average molecular weight is 356 g/mol. The van der Waals surface area contributed by atoms with E-state index in [0.717, 1.165) is 18.5 Å². The van der Waals surface area contributed by atoms with Crippen LogP contribution in [0.3, 0.4) is 0 Å². The molecule has 1 aliphatic heterocycles. The van der Waals surface area contributed by atoms with Crippen molar-refractivity contribution in [1.82, 2.24) is 9.78 Å². The smallest absolute Gasteiger partial charge is 0.0568 e. The highest BCUT2D eigenvalue weighted by atomic mass is 16.3. The Morgan fingerprint density at radius 3 is 2.69 bits per heavy atom. The van der Waals surface area contributed by atoms with Gasteiger partial charge in [0.15, 0.2) is 0 Å². The van der Waals surface area contributed by atoms with Gasteiger partial charge in [0.05, 0.1) is 12.8 Å². The van der Waals surface area contributed by atoms with E-state index < -0.39 is 0 Å². The summed E-state index contributed by atoms with van der Waals surface area (Å²) in [6, 6.07) is 7.38. The van der Waals surface area contributed by atoms with Crippen LogP contribution >= 0.6 is 0 Å². The molecule has 3 rings (SSSR count). The zero-order chi connectivity index (χ0) is 18.5. The van der Waals surface area contributed by atoms with Gasteiger partial charge in [-0.2, -0.15) is 5.10 Å². The van der Waals surface area contributed by atoms with E-state index >= 15 is 0 Å². The zero-order valence-electron chi connectivity index (χ0n) is 16.5. The van der Waals surface area contributed by atoms with Crippen LogP contribution in [0.5, 0.6) is 0 Å². The molecule has 142 valence electrons. The summed E-state index contributed by atoms with van der Waals surface area (Å²) in [5.41, 5.74) is 4.97. The highest BCUT2D eigenvalue weighted by Crippen LogP contribution is 2.39. The number of nitrogens with zero attached hydrogens (tertiary/aromatic N) is 3. The third kappa shape index (κ3) is 3.96. The molecular formula is C22H33N3O. The van der Waals surface area contributed by atoms with Crippen LogP contribution in [-0.4, -0.2) is 34.1 Å². The predicted octanol–water partition coefficient (Wildman–Crippen LogP) is 4.73. The van der Waals surface area contributed by atoms with E-state index in [0.29, 0.717) is 6.04 Å².